The highest BCUT2D eigenvalue weighted by molar-refractivity contribution is 5.68. The normalized spacial score (nSPS) is 15.9. The Hall–Kier alpha value is -0.710. The second kappa shape index (κ2) is 9.51. The third kappa shape index (κ3) is 7.56. The molecule has 0 saturated heterocycles. The minimum Gasteiger partial charge on any atom is -0.382 e. The van der Waals surface area contributed by atoms with Crippen molar-refractivity contribution in [3.8, 4) is 0 Å². The molecule has 4 nitrogen and oxygen atoms in total. The quantitative estimate of drug-likeness (QED) is 0.465. The van der Waals surface area contributed by atoms with Gasteiger partial charge in [-0.15, -0.1) is 0 Å². The predicted molar refractivity (Wildman–Crippen MR) is 67.0 cm³/mol. The minimum absolute atomic E-state index is 0.160. The third-order valence-corrected chi connectivity index (χ3v) is 2.52. The molecule has 0 heterocycles. The molecule has 4 heteroatoms. The van der Waals surface area contributed by atoms with Crippen LogP contribution in [0, 0.1) is 11.3 Å². The lowest BCUT2D eigenvalue weighted by Crippen LogP contribution is -2.25. The zero-order chi connectivity index (χ0) is 12.4. The summed E-state index contributed by atoms with van der Waals surface area (Å²) in [6.45, 7) is 5.84. The highest BCUT2D eigenvalue weighted by Gasteiger charge is 2.10. The number of ether oxygens (including phenoxy) is 2. The van der Waals surface area contributed by atoms with Gasteiger partial charge in [-0.05, 0) is 30.9 Å². The molecule has 0 rings (SSSR count). The topological polar surface area (TPSA) is 68.3 Å². The first-order valence-electron chi connectivity index (χ1n) is 5.62. The predicted octanol–water partition coefficient (Wildman–Crippen LogP) is 1.60. The van der Waals surface area contributed by atoms with Gasteiger partial charge in [0.2, 0.25) is 0 Å². The molecule has 0 radical (unpaired) electrons. The standard InChI is InChI=1S/C12H24N2O2/c1-10(11(2)14)8-12(4-5-13)9-16-7-6-15-3/h4-5,10-11,13H,6-9,14H2,1-3H3/b12-4+,13-5?/t10-,11+/m1/s1. The summed E-state index contributed by atoms with van der Waals surface area (Å²) >= 11 is 0. The van der Waals surface area contributed by atoms with E-state index in [1.807, 2.05) is 6.92 Å². The second-order valence-electron chi connectivity index (χ2n) is 4.08. The molecule has 0 saturated carbocycles. The molecular formula is C12H24N2O2. The Morgan fingerprint density at radius 1 is 1.38 bits per heavy atom. The van der Waals surface area contributed by atoms with E-state index in [2.05, 4.69) is 6.92 Å². The molecule has 3 N–H and O–H groups in total. The van der Waals surface area contributed by atoms with Crippen LogP contribution in [0.15, 0.2) is 11.6 Å². The molecule has 0 aliphatic carbocycles. The monoisotopic (exact) mass is 228 g/mol. The Kier molecular flexibility index (Phi) is 9.09. The van der Waals surface area contributed by atoms with E-state index in [-0.39, 0.29) is 6.04 Å². The molecule has 94 valence electrons. The van der Waals surface area contributed by atoms with Crippen molar-refractivity contribution >= 4 is 6.21 Å². The lowest BCUT2D eigenvalue weighted by Gasteiger charge is -2.17. The first-order valence-corrected chi connectivity index (χ1v) is 5.62. The van der Waals surface area contributed by atoms with Gasteiger partial charge in [0.1, 0.15) is 0 Å². The van der Waals surface area contributed by atoms with Crippen LogP contribution in [0.2, 0.25) is 0 Å². The summed E-state index contributed by atoms with van der Waals surface area (Å²) in [7, 11) is 1.65. The van der Waals surface area contributed by atoms with Gasteiger partial charge < -0.3 is 20.6 Å². The van der Waals surface area contributed by atoms with Crippen molar-refractivity contribution in [1.29, 1.82) is 5.41 Å². The Morgan fingerprint density at radius 3 is 2.56 bits per heavy atom. The maximum atomic E-state index is 7.09. The molecule has 0 bridgehead atoms. The Bertz CT molecular complexity index is 215. The average molecular weight is 228 g/mol. The fraction of sp³-hybridized carbons (Fsp3) is 0.750. The van der Waals surface area contributed by atoms with Crippen molar-refractivity contribution in [2.75, 3.05) is 26.9 Å². The highest BCUT2D eigenvalue weighted by Crippen LogP contribution is 2.13. The number of rotatable bonds is 9. The number of nitrogens with one attached hydrogen (secondary N) is 1. The minimum atomic E-state index is 0.160. The van der Waals surface area contributed by atoms with Crippen molar-refractivity contribution in [1.82, 2.24) is 0 Å². The largest absolute Gasteiger partial charge is 0.382 e. The van der Waals surface area contributed by atoms with Crippen molar-refractivity contribution in [3.05, 3.63) is 11.6 Å². The van der Waals surface area contributed by atoms with Crippen LogP contribution in [0.1, 0.15) is 20.3 Å². The van der Waals surface area contributed by atoms with Gasteiger partial charge >= 0.3 is 0 Å². The fourth-order valence-corrected chi connectivity index (χ4v) is 1.24. The Labute approximate surface area is 98.3 Å². The van der Waals surface area contributed by atoms with E-state index >= 15 is 0 Å². The first kappa shape index (κ1) is 15.3. The van der Waals surface area contributed by atoms with E-state index in [4.69, 9.17) is 20.6 Å². The van der Waals surface area contributed by atoms with Crippen LogP contribution in [0.25, 0.3) is 0 Å². The molecule has 0 aliphatic rings. The van der Waals surface area contributed by atoms with Gasteiger partial charge in [-0.1, -0.05) is 6.92 Å². The number of hydrogen-bond acceptors (Lipinski definition) is 4. The van der Waals surface area contributed by atoms with Crippen LogP contribution in [0.5, 0.6) is 0 Å². The molecule has 2 atom stereocenters. The molecule has 0 amide bonds. The Balaban J connectivity index is 3.98. The van der Waals surface area contributed by atoms with Gasteiger partial charge in [0.15, 0.2) is 0 Å². The van der Waals surface area contributed by atoms with Crippen LogP contribution in [-0.2, 0) is 9.47 Å². The fourth-order valence-electron chi connectivity index (χ4n) is 1.24. The average Bonchev–Trinajstić information content (AvgIpc) is 2.24. The first-order chi connectivity index (χ1) is 7.61. The maximum absolute atomic E-state index is 7.09. The molecule has 16 heavy (non-hydrogen) atoms. The van der Waals surface area contributed by atoms with Crippen LogP contribution in [-0.4, -0.2) is 39.2 Å². The highest BCUT2D eigenvalue weighted by atomic mass is 16.5. The van der Waals surface area contributed by atoms with Crippen LogP contribution >= 0.6 is 0 Å². The van der Waals surface area contributed by atoms with E-state index in [9.17, 15) is 0 Å². The molecule has 0 aromatic carbocycles. The zero-order valence-electron chi connectivity index (χ0n) is 10.5. The van der Waals surface area contributed by atoms with E-state index < -0.39 is 0 Å². The van der Waals surface area contributed by atoms with Crippen molar-refractivity contribution in [2.45, 2.75) is 26.3 Å². The summed E-state index contributed by atoms with van der Waals surface area (Å²) in [5.41, 5.74) is 6.92. The molecule has 0 aromatic heterocycles. The maximum Gasteiger partial charge on any atom is 0.0704 e. The number of methoxy groups -OCH3 is 1. The number of allylic oxidation sites excluding steroid dienone is 1. The molecule has 0 aliphatic heterocycles. The molecule has 0 unspecified atom stereocenters. The van der Waals surface area contributed by atoms with Crippen LogP contribution in [0.3, 0.4) is 0 Å². The van der Waals surface area contributed by atoms with Crippen LogP contribution < -0.4 is 5.73 Å². The third-order valence-electron chi connectivity index (χ3n) is 2.52. The van der Waals surface area contributed by atoms with Crippen molar-refractivity contribution in [3.63, 3.8) is 0 Å². The lowest BCUT2D eigenvalue weighted by molar-refractivity contribution is 0.0807. The van der Waals surface area contributed by atoms with E-state index in [0.29, 0.717) is 25.7 Å². The lowest BCUT2D eigenvalue weighted by atomic mass is 9.95. The van der Waals surface area contributed by atoms with Gasteiger partial charge in [0.05, 0.1) is 19.8 Å². The van der Waals surface area contributed by atoms with E-state index in [0.717, 1.165) is 12.0 Å². The van der Waals surface area contributed by atoms with Crippen molar-refractivity contribution < 1.29 is 9.47 Å². The Morgan fingerprint density at radius 2 is 2.06 bits per heavy atom. The molecule has 0 fully saturated rings. The summed E-state index contributed by atoms with van der Waals surface area (Å²) in [5.74, 6) is 0.400. The van der Waals surface area contributed by atoms with Gasteiger partial charge in [-0.25, -0.2) is 0 Å². The van der Waals surface area contributed by atoms with Gasteiger partial charge in [0, 0.05) is 19.4 Å². The number of nitrogens with two attached hydrogens (primary N) is 1. The van der Waals surface area contributed by atoms with Crippen LogP contribution in [0.4, 0.5) is 0 Å². The zero-order valence-corrected chi connectivity index (χ0v) is 10.5. The van der Waals surface area contributed by atoms with Gasteiger partial charge in [0.25, 0.3) is 0 Å². The SMILES string of the molecule is COCCOC/C(=C/C=N)C[C@@H](C)[C@H](C)N. The smallest absolute Gasteiger partial charge is 0.0704 e. The molecule has 0 aromatic rings. The van der Waals surface area contributed by atoms with Gasteiger partial charge in [-0.2, -0.15) is 0 Å². The van der Waals surface area contributed by atoms with Gasteiger partial charge in [-0.3, -0.25) is 0 Å². The number of hydrogen-bond donors (Lipinski definition) is 2. The summed E-state index contributed by atoms with van der Waals surface area (Å²) in [4.78, 5) is 0. The van der Waals surface area contributed by atoms with Crippen molar-refractivity contribution in [2.24, 2.45) is 11.7 Å². The van der Waals surface area contributed by atoms with E-state index in [1.165, 1.54) is 6.21 Å². The second-order valence-corrected chi connectivity index (χ2v) is 4.08. The van der Waals surface area contributed by atoms with E-state index in [1.54, 1.807) is 13.2 Å². The summed E-state index contributed by atoms with van der Waals surface area (Å²) in [5, 5.41) is 7.09. The summed E-state index contributed by atoms with van der Waals surface area (Å²) < 4.78 is 10.3. The molecule has 0 spiro atoms. The summed E-state index contributed by atoms with van der Waals surface area (Å²) in [6, 6.07) is 0.160. The summed E-state index contributed by atoms with van der Waals surface area (Å²) in [6.07, 6.45) is 3.95. The molecular weight excluding hydrogens is 204 g/mol.